The van der Waals surface area contributed by atoms with Crippen molar-refractivity contribution < 1.29 is 93.9 Å². The van der Waals surface area contributed by atoms with Crippen molar-refractivity contribution in [2.75, 3.05) is 52.5 Å². The number of benzene rings is 6. The number of hydrogen-bond donors (Lipinski definition) is 2. The molecule has 4 heterocycles. The number of phenolic OH excluding ortho intramolecular Hbond substituents is 2. The average Bonchev–Trinajstić information content (AvgIpc) is 4.10. The monoisotopic (exact) mass is 1130 g/mol. The standard InChI is InChI=1S/C30H27N2O4.C30H30NO4.2Y/c1-20-7-3-4-8-23(20)29-25(24-18-26(31-2)27(33)19-28(24)36-30(29)34)17-21-9-11-22(12-10-21)35-16-15-32-13-5-6-14-32;1-20-7-3-4-8-24(20)29-26(25-17-21(2)27(32)19-28(25)35-30(29)33)18-22-9-11-23(12-10-22)34-16-15-31-13-5-6-14-31;;/h4,7-12,18-19,33H,5-6,13-17H2,1H3;4,7-12,17,19,32H,5-6,13-16,18H2,1-2H3;;/q2*-1;;. The van der Waals surface area contributed by atoms with Crippen LogP contribution in [0.25, 0.3) is 49.0 Å². The summed E-state index contributed by atoms with van der Waals surface area (Å²) in [5, 5.41) is 21.8. The molecule has 73 heavy (non-hydrogen) atoms. The maximum atomic E-state index is 13.2. The van der Waals surface area contributed by atoms with E-state index in [1.54, 1.807) is 12.1 Å². The maximum Gasteiger partial charge on any atom is 0.342 e. The minimum atomic E-state index is -0.483. The number of aromatic hydroxyl groups is 2. The van der Waals surface area contributed by atoms with Gasteiger partial charge in [0.2, 0.25) is 5.69 Å². The van der Waals surface area contributed by atoms with E-state index in [0.717, 1.165) is 93.1 Å². The van der Waals surface area contributed by atoms with Gasteiger partial charge < -0.3 is 28.5 Å². The second-order valence-electron chi connectivity index (χ2n) is 18.5. The molecule has 13 heteroatoms. The van der Waals surface area contributed by atoms with Crippen molar-refractivity contribution in [3.05, 3.63) is 193 Å². The summed E-state index contributed by atoms with van der Waals surface area (Å²) in [4.78, 5) is 34.7. The summed E-state index contributed by atoms with van der Waals surface area (Å²) >= 11 is 0. The van der Waals surface area contributed by atoms with Crippen LogP contribution in [0.2, 0.25) is 0 Å². The van der Waals surface area contributed by atoms with Crippen LogP contribution in [-0.2, 0) is 78.3 Å². The molecule has 2 saturated heterocycles. The smallest absolute Gasteiger partial charge is 0.342 e. The van der Waals surface area contributed by atoms with Gasteiger partial charge in [-0.05, 0) is 136 Å². The molecule has 8 aromatic rings. The molecule has 11 nitrogen and oxygen atoms in total. The van der Waals surface area contributed by atoms with E-state index in [-0.39, 0.29) is 88.2 Å². The van der Waals surface area contributed by atoms with E-state index < -0.39 is 11.3 Å². The molecule has 0 unspecified atom stereocenters. The number of aryl methyl sites for hydroxylation is 3. The fourth-order valence-corrected chi connectivity index (χ4v) is 9.70. The van der Waals surface area contributed by atoms with Crippen molar-refractivity contribution in [2.24, 2.45) is 0 Å². The predicted octanol–water partition coefficient (Wildman–Crippen LogP) is 11.5. The summed E-state index contributed by atoms with van der Waals surface area (Å²) in [6.45, 7) is 21.0. The van der Waals surface area contributed by atoms with Crippen LogP contribution in [0, 0.1) is 39.5 Å². The molecule has 2 radical (unpaired) electrons. The summed E-state index contributed by atoms with van der Waals surface area (Å²) in [7, 11) is 0. The van der Waals surface area contributed by atoms with Gasteiger partial charge in [-0.25, -0.2) is 14.4 Å². The Balaban J connectivity index is 0.000000208. The zero-order chi connectivity index (χ0) is 49.4. The first-order valence-electron chi connectivity index (χ1n) is 24.3. The number of fused-ring (bicyclic) bond motifs is 2. The minimum absolute atomic E-state index is 0. The van der Waals surface area contributed by atoms with Crippen LogP contribution in [-0.4, -0.2) is 72.5 Å². The van der Waals surface area contributed by atoms with E-state index in [2.05, 4.69) is 26.8 Å². The zero-order valence-electron chi connectivity index (χ0n) is 41.6. The molecule has 2 aliphatic heterocycles. The van der Waals surface area contributed by atoms with Crippen LogP contribution in [0.1, 0.15) is 64.6 Å². The Kier molecular flexibility index (Phi) is 19.5. The Hall–Kier alpha value is -5.44. The van der Waals surface area contributed by atoms with Crippen molar-refractivity contribution in [3.8, 4) is 45.3 Å². The van der Waals surface area contributed by atoms with Gasteiger partial charge in [-0.3, -0.25) is 9.80 Å². The zero-order valence-corrected chi connectivity index (χ0v) is 47.3. The Morgan fingerprint density at radius 1 is 0.589 bits per heavy atom. The molecule has 2 aliphatic rings. The van der Waals surface area contributed by atoms with Crippen molar-refractivity contribution in [3.63, 3.8) is 0 Å². The topological polar surface area (TPSA) is 130 Å². The van der Waals surface area contributed by atoms with E-state index in [9.17, 15) is 19.8 Å². The molecule has 0 aliphatic carbocycles. The Morgan fingerprint density at radius 3 is 1.44 bits per heavy atom. The third-order valence-electron chi connectivity index (χ3n) is 13.6. The summed E-state index contributed by atoms with van der Waals surface area (Å²) in [6, 6.07) is 39.5. The Labute approximate surface area is 476 Å². The molecular formula is C60H57N3O8Y2-2. The van der Waals surface area contributed by atoms with Crippen LogP contribution in [0.3, 0.4) is 0 Å². The number of hydrogen-bond acceptors (Lipinski definition) is 10. The van der Waals surface area contributed by atoms with Gasteiger partial charge in [0.05, 0.1) is 6.57 Å². The SMILES string of the molecule is Cc1cc2c(Cc3ccc(OCCN4CCCC4)cc3)c(-c3cc[c-]cc3C)c(=O)oc2cc1O.[C-]#[N+]c1cc2c(Cc3ccc(OCCN4CCCC4)cc3)c(-c3cc[c-]cc3C)c(=O)oc2cc1O.[Y].[Y]. The van der Waals surface area contributed by atoms with E-state index >= 15 is 0 Å². The Morgan fingerprint density at radius 2 is 1.01 bits per heavy atom. The van der Waals surface area contributed by atoms with Crippen LogP contribution in [0.5, 0.6) is 23.0 Å². The van der Waals surface area contributed by atoms with Crippen molar-refractivity contribution in [1.29, 1.82) is 0 Å². The fourth-order valence-electron chi connectivity index (χ4n) is 9.70. The minimum Gasteiger partial charge on any atom is -0.519 e. The molecule has 2 fully saturated rings. The van der Waals surface area contributed by atoms with E-state index in [1.165, 1.54) is 50.9 Å². The molecule has 0 atom stereocenters. The first kappa shape index (κ1) is 55.3. The molecule has 2 aromatic heterocycles. The molecule has 0 bridgehead atoms. The molecule has 0 spiro atoms. The van der Waals surface area contributed by atoms with E-state index in [1.807, 2.05) is 106 Å². The van der Waals surface area contributed by atoms with Gasteiger partial charge in [0.25, 0.3) is 0 Å². The second-order valence-corrected chi connectivity index (χ2v) is 18.5. The third-order valence-corrected chi connectivity index (χ3v) is 13.6. The molecule has 368 valence electrons. The normalized spacial score (nSPS) is 13.5. The molecule has 10 rings (SSSR count). The number of ether oxygens (including phenoxy) is 2. The summed E-state index contributed by atoms with van der Waals surface area (Å²) in [5.74, 6) is 1.56. The first-order valence-corrected chi connectivity index (χ1v) is 24.3. The second kappa shape index (κ2) is 25.7. The van der Waals surface area contributed by atoms with Crippen LogP contribution in [0.15, 0.2) is 128 Å². The molecule has 2 N–H and O–H groups in total. The summed E-state index contributed by atoms with van der Waals surface area (Å²) in [5.41, 5.74) is 8.77. The van der Waals surface area contributed by atoms with Crippen LogP contribution < -0.4 is 20.7 Å². The van der Waals surface area contributed by atoms with Crippen molar-refractivity contribution in [1.82, 2.24) is 9.80 Å². The predicted molar refractivity (Wildman–Crippen MR) is 278 cm³/mol. The molecule has 6 aromatic carbocycles. The van der Waals surface area contributed by atoms with Gasteiger partial charge in [-0.1, -0.05) is 38.1 Å². The summed E-state index contributed by atoms with van der Waals surface area (Å²) < 4.78 is 23.2. The number of rotatable bonds is 14. The van der Waals surface area contributed by atoms with Crippen LogP contribution >= 0.6 is 0 Å². The van der Waals surface area contributed by atoms with E-state index in [4.69, 9.17) is 24.9 Å². The van der Waals surface area contributed by atoms with Gasteiger partial charge in [0.1, 0.15) is 47.4 Å². The summed E-state index contributed by atoms with van der Waals surface area (Å²) in [6.07, 6.45) is 6.09. The van der Waals surface area contributed by atoms with E-state index in [0.29, 0.717) is 48.2 Å². The van der Waals surface area contributed by atoms with Gasteiger partial charge in [0.15, 0.2) is 0 Å². The van der Waals surface area contributed by atoms with Crippen molar-refractivity contribution in [2.45, 2.75) is 59.3 Å². The maximum absolute atomic E-state index is 13.2. The fraction of sp³-hybridized carbons (Fsp3) is 0.283. The van der Waals surface area contributed by atoms with Gasteiger partial charge in [0, 0.05) is 113 Å². The molecular weight excluding hydrogens is 1070 g/mol. The number of nitrogens with zero attached hydrogens (tertiary/aromatic N) is 3. The molecule has 0 amide bonds. The van der Waals surface area contributed by atoms with Crippen LogP contribution in [0.4, 0.5) is 5.69 Å². The first-order chi connectivity index (χ1) is 34.5. The number of phenols is 2. The van der Waals surface area contributed by atoms with Gasteiger partial charge in [-0.15, -0.1) is 11.1 Å². The Bertz CT molecular complexity index is 3350. The van der Waals surface area contributed by atoms with Gasteiger partial charge >= 0.3 is 11.3 Å². The number of likely N-dealkylation sites (tertiary alicyclic amines) is 2. The quantitative estimate of drug-likeness (QED) is 0.0802. The van der Waals surface area contributed by atoms with Gasteiger partial charge in [-0.2, -0.15) is 59.7 Å². The third kappa shape index (κ3) is 13.3. The largest absolute Gasteiger partial charge is 0.519 e. The average molecular weight is 1130 g/mol. The van der Waals surface area contributed by atoms with Crippen molar-refractivity contribution >= 4 is 27.6 Å². The molecule has 0 saturated carbocycles.